The van der Waals surface area contributed by atoms with E-state index in [-0.39, 0.29) is 17.4 Å². The summed E-state index contributed by atoms with van der Waals surface area (Å²) >= 11 is 0. The first kappa shape index (κ1) is 20.6. The molecule has 0 radical (unpaired) electrons. The highest BCUT2D eigenvalue weighted by Gasteiger charge is 2.38. The van der Waals surface area contributed by atoms with Gasteiger partial charge in [0.15, 0.2) is 0 Å². The lowest BCUT2D eigenvalue weighted by Crippen LogP contribution is -2.37. The monoisotopic (exact) mass is 361 g/mol. The van der Waals surface area contributed by atoms with E-state index in [9.17, 15) is 9.59 Å². The van der Waals surface area contributed by atoms with Gasteiger partial charge in [-0.1, -0.05) is 12.1 Å². The van der Waals surface area contributed by atoms with Gasteiger partial charge in [-0.15, -0.1) is 0 Å². The molecule has 2 rings (SSSR count). The second-order valence-corrected chi connectivity index (χ2v) is 8.28. The zero-order valence-corrected chi connectivity index (χ0v) is 17.1. The zero-order chi connectivity index (χ0) is 19.7. The van der Waals surface area contributed by atoms with Crippen molar-refractivity contribution in [1.29, 1.82) is 0 Å². The van der Waals surface area contributed by atoms with Crippen molar-refractivity contribution >= 4 is 11.8 Å². The Bertz CT molecular complexity index is 665. The molecule has 5 nitrogen and oxygen atoms in total. The highest BCUT2D eigenvalue weighted by Crippen LogP contribution is 2.29. The normalized spacial score (nSPS) is 15.0. The fourth-order valence-corrected chi connectivity index (χ4v) is 3.06. The number of carbonyl (C=O) groups is 2. The number of fused-ring (bicyclic) bond motifs is 1. The van der Waals surface area contributed by atoms with Gasteiger partial charge in [-0.05, 0) is 65.5 Å². The molecular weight excluding hydrogens is 330 g/mol. The minimum atomic E-state index is -0.427. The van der Waals surface area contributed by atoms with Gasteiger partial charge in [-0.2, -0.15) is 0 Å². The third-order valence-electron chi connectivity index (χ3n) is 5.23. The maximum atomic E-state index is 12.7. The Labute approximate surface area is 156 Å². The predicted octanol–water partition coefficient (Wildman–Crippen LogP) is 3.90. The van der Waals surface area contributed by atoms with E-state index >= 15 is 0 Å². The van der Waals surface area contributed by atoms with Crippen molar-refractivity contribution in [3.8, 4) is 0 Å². The van der Waals surface area contributed by atoms with Crippen LogP contribution in [0.4, 0.5) is 0 Å². The van der Waals surface area contributed by atoms with Gasteiger partial charge in [0, 0.05) is 13.7 Å². The second-order valence-electron chi connectivity index (χ2n) is 8.28. The van der Waals surface area contributed by atoms with Crippen molar-refractivity contribution in [2.75, 3.05) is 20.3 Å². The highest BCUT2D eigenvalue weighted by molar-refractivity contribution is 6.22. The molecule has 1 aromatic rings. The quantitative estimate of drug-likeness (QED) is 0.659. The van der Waals surface area contributed by atoms with E-state index in [2.05, 4.69) is 0 Å². The SMILES string of the molecule is COC(C)(C)CCOC(C)(C)CCN1C(=O)c2c(C)ccc(C)c2C1=O. The number of ether oxygens (including phenoxy) is 2. The molecule has 1 aromatic carbocycles. The average Bonchev–Trinajstić information content (AvgIpc) is 2.81. The van der Waals surface area contributed by atoms with Gasteiger partial charge in [0.2, 0.25) is 0 Å². The minimum Gasteiger partial charge on any atom is -0.379 e. The lowest BCUT2D eigenvalue weighted by molar-refractivity contribution is -0.0622. The molecule has 0 aromatic heterocycles. The molecular formula is C21H31NO4. The van der Waals surface area contributed by atoms with Crippen LogP contribution in [-0.2, 0) is 9.47 Å². The van der Waals surface area contributed by atoms with Crippen LogP contribution in [0.1, 0.15) is 72.4 Å². The van der Waals surface area contributed by atoms with Crippen LogP contribution >= 0.6 is 0 Å². The Morgan fingerprint density at radius 3 is 1.85 bits per heavy atom. The van der Waals surface area contributed by atoms with Gasteiger partial charge in [-0.3, -0.25) is 14.5 Å². The summed E-state index contributed by atoms with van der Waals surface area (Å²) in [4.78, 5) is 26.8. The van der Waals surface area contributed by atoms with Gasteiger partial charge in [-0.25, -0.2) is 0 Å². The summed E-state index contributed by atoms with van der Waals surface area (Å²) in [5.41, 5.74) is 2.15. The third kappa shape index (κ3) is 4.33. The molecule has 0 unspecified atom stereocenters. The summed E-state index contributed by atoms with van der Waals surface area (Å²) in [6.07, 6.45) is 1.36. The molecule has 0 saturated heterocycles. The number of rotatable bonds is 8. The van der Waals surface area contributed by atoms with E-state index in [0.29, 0.717) is 30.7 Å². The van der Waals surface area contributed by atoms with Crippen molar-refractivity contribution in [1.82, 2.24) is 4.90 Å². The van der Waals surface area contributed by atoms with Crippen LogP contribution in [0.15, 0.2) is 12.1 Å². The summed E-state index contributed by atoms with van der Waals surface area (Å²) in [5, 5.41) is 0. The molecule has 0 aliphatic carbocycles. The van der Waals surface area contributed by atoms with Gasteiger partial charge in [0.1, 0.15) is 0 Å². The first-order valence-electron chi connectivity index (χ1n) is 9.14. The van der Waals surface area contributed by atoms with Gasteiger partial charge in [0.05, 0.1) is 28.9 Å². The van der Waals surface area contributed by atoms with Crippen LogP contribution in [0.5, 0.6) is 0 Å². The smallest absolute Gasteiger partial charge is 0.261 e. The first-order valence-corrected chi connectivity index (χ1v) is 9.14. The van der Waals surface area contributed by atoms with Crippen molar-refractivity contribution in [3.63, 3.8) is 0 Å². The fourth-order valence-electron chi connectivity index (χ4n) is 3.06. The van der Waals surface area contributed by atoms with Crippen LogP contribution in [0.25, 0.3) is 0 Å². The van der Waals surface area contributed by atoms with E-state index in [0.717, 1.165) is 17.5 Å². The van der Waals surface area contributed by atoms with Gasteiger partial charge in [0.25, 0.3) is 11.8 Å². The summed E-state index contributed by atoms with van der Waals surface area (Å²) in [5.74, 6) is -0.384. The van der Waals surface area contributed by atoms with Gasteiger partial charge >= 0.3 is 0 Å². The van der Waals surface area contributed by atoms with Crippen LogP contribution in [-0.4, -0.2) is 48.2 Å². The van der Waals surface area contributed by atoms with Crippen molar-refractivity contribution in [3.05, 3.63) is 34.4 Å². The Hall–Kier alpha value is -1.72. The largest absolute Gasteiger partial charge is 0.379 e. The van der Waals surface area contributed by atoms with E-state index in [1.165, 1.54) is 4.90 Å². The van der Waals surface area contributed by atoms with Crippen LogP contribution in [0, 0.1) is 13.8 Å². The molecule has 5 heteroatoms. The molecule has 2 amide bonds. The van der Waals surface area contributed by atoms with E-state index in [4.69, 9.17) is 9.47 Å². The molecule has 0 fully saturated rings. The number of methoxy groups -OCH3 is 1. The first-order chi connectivity index (χ1) is 12.0. The molecule has 1 aliphatic rings. The zero-order valence-electron chi connectivity index (χ0n) is 17.1. The van der Waals surface area contributed by atoms with Crippen LogP contribution < -0.4 is 0 Å². The summed E-state index contributed by atoms with van der Waals surface area (Å²) < 4.78 is 11.4. The minimum absolute atomic E-state index is 0.192. The number of amides is 2. The molecule has 0 spiro atoms. The number of aryl methyl sites for hydroxylation is 2. The lowest BCUT2D eigenvalue weighted by Gasteiger charge is -2.30. The summed E-state index contributed by atoms with van der Waals surface area (Å²) in [7, 11) is 1.69. The second kappa shape index (κ2) is 7.49. The Kier molecular flexibility index (Phi) is 5.93. The molecule has 1 heterocycles. The summed E-state index contributed by atoms with van der Waals surface area (Å²) in [6.45, 7) is 12.7. The molecule has 0 saturated carbocycles. The molecule has 26 heavy (non-hydrogen) atoms. The van der Waals surface area contributed by atoms with E-state index in [1.807, 2.05) is 53.7 Å². The van der Waals surface area contributed by atoms with Crippen molar-refractivity contribution in [2.24, 2.45) is 0 Å². The average molecular weight is 361 g/mol. The molecule has 0 atom stereocenters. The fraction of sp³-hybridized carbons (Fsp3) is 0.619. The van der Waals surface area contributed by atoms with E-state index < -0.39 is 5.60 Å². The number of hydrogen-bond donors (Lipinski definition) is 0. The number of hydrogen-bond acceptors (Lipinski definition) is 4. The number of benzene rings is 1. The molecule has 0 bridgehead atoms. The molecule has 0 N–H and O–H groups in total. The third-order valence-corrected chi connectivity index (χ3v) is 5.23. The standard InChI is InChI=1S/C21H31NO4/c1-14-8-9-15(2)17-16(14)18(23)22(19(17)24)12-10-21(5,6)26-13-11-20(3,4)25-7/h8-9H,10-13H2,1-7H3. The number of carbonyl (C=O) groups excluding carboxylic acids is 2. The maximum absolute atomic E-state index is 12.7. The highest BCUT2D eigenvalue weighted by atomic mass is 16.5. The lowest BCUT2D eigenvalue weighted by atomic mass is 9.99. The van der Waals surface area contributed by atoms with Crippen LogP contribution in [0.2, 0.25) is 0 Å². The van der Waals surface area contributed by atoms with Gasteiger partial charge < -0.3 is 9.47 Å². The molecule has 144 valence electrons. The number of imide groups is 1. The van der Waals surface area contributed by atoms with Crippen molar-refractivity contribution in [2.45, 2.75) is 65.6 Å². The van der Waals surface area contributed by atoms with E-state index in [1.54, 1.807) is 7.11 Å². The Morgan fingerprint density at radius 2 is 1.38 bits per heavy atom. The maximum Gasteiger partial charge on any atom is 0.261 e. The topological polar surface area (TPSA) is 55.8 Å². The number of nitrogens with zero attached hydrogens (tertiary/aromatic N) is 1. The molecule has 1 aliphatic heterocycles. The van der Waals surface area contributed by atoms with Crippen molar-refractivity contribution < 1.29 is 19.1 Å². The summed E-state index contributed by atoms with van der Waals surface area (Å²) in [6, 6.07) is 3.79. The Morgan fingerprint density at radius 1 is 0.885 bits per heavy atom. The predicted molar refractivity (Wildman–Crippen MR) is 102 cm³/mol. The van der Waals surface area contributed by atoms with Crippen LogP contribution in [0.3, 0.4) is 0 Å². The Balaban J connectivity index is 1.99.